The lowest BCUT2D eigenvalue weighted by Gasteiger charge is -2.02. The van der Waals surface area contributed by atoms with Gasteiger partial charge in [0, 0.05) is 18.4 Å². The lowest BCUT2D eigenvalue weighted by Crippen LogP contribution is -2.18. The summed E-state index contributed by atoms with van der Waals surface area (Å²) < 4.78 is 5.21. The Morgan fingerprint density at radius 1 is 1.30 bits per heavy atom. The third-order valence-electron chi connectivity index (χ3n) is 3.14. The number of imidazole rings is 1. The molecule has 2 rings (SSSR count). The Bertz CT molecular complexity index is 527. The normalized spacial score (nSPS) is 11.1. The number of benzene rings is 1. The maximum atomic E-state index is 5.21. The molecule has 0 amide bonds. The van der Waals surface area contributed by atoms with Gasteiger partial charge < -0.3 is 15.0 Å². The zero-order valence-corrected chi connectivity index (χ0v) is 13.1. The Morgan fingerprint density at radius 3 is 3.00 bits per heavy atom. The van der Waals surface area contributed by atoms with E-state index in [1.54, 1.807) is 18.9 Å². The highest BCUT2D eigenvalue weighted by Gasteiger charge is 2.04. The molecule has 0 unspecified atom stereocenters. The van der Waals surface area contributed by atoms with Crippen molar-refractivity contribution in [1.82, 2.24) is 15.3 Å². The summed E-state index contributed by atoms with van der Waals surface area (Å²) in [6, 6.07) is 5.90. The van der Waals surface area contributed by atoms with Gasteiger partial charge in [-0.05, 0) is 25.1 Å². The quantitative estimate of drug-likeness (QED) is 0.549. The average molecular weight is 293 g/mol. The summed E-state index contributed by atoms with van der Waals surface area (Å²) in [6.07, 6.45) is 3.86. The Morgan fingerprint density at radius 2 is 2.20 bits per heavy atom. The van der Waals surface area contributed by atoms with Crippen molar-refractivity contribution in [2.24, 2.45) is 0 Å². The molecule has 5 heteroatoms. The van der Waals surface area contributed by atoms with E-state index in [0.717, 1.165) is 40.8 Å². The molecule has 0 saturated carbocycles. The first-order valence-corrected chi connectivity index (χ1v) is 8.19. The summed E-state index contributed by atoms with van der Waals surface area (Å²) in [4.78, 5) is 7.89. The SMILES string of the molecule is CCCCCNCCSc1nc2ccc(OC)cc2[nH]1. The molecule has 20 heavy (non-hydrogen) atoms. The van der Waals surface area contributed by atoms with E-state index in [-0.39, 0.29) is 0 Å². The third-order valence-corrected chi connectivity index (χ3v) is 4.02. The number of H-pyrrole nitrogens is 1. The monoisotopic (exact) mass is 293 g/mol. The number of aromatic amines is 1. The Balaban J connectivity index is 1.76. The number of aromatic nitrogens is 2. The van der Waals surface area contributed by atoms with Crippen LogP contribution in [0.5, 0.6) is 5.75 Å². The second kappa shape index (κ2) is 8.17. The molecule has 4 nitrogen and oxygen atoms in total. The van der Waals surface area contributed by atoms with Crippen molar-refractivity contribution >= 4 is 22.8 Å². The summed E-state index contributed by atoms with van der Waals surface area (Å²) in [6.45, 7) is 4.37. The smallest absolute Gasteiger partial charge is 0.166 e. The zero-order chi connectivity index (χ0) is 14.2. The molecule has 2 aromatic rings. The van der Waals surface area contributed by atoms with Crippen LogP contribution in [0.25, 0.3) is 11.0 Å². The van der Waals surface area contributed by atoms with Gasteiger partial charge in [0.2, 0.25) is 0 Å². The molecular weight excluding hydrogens is 270 g/mol. The number of hydrogen-bond acceptors (Lipinski definition) is 4. The van der Waals surface area contributed by atoms with Crippen molar-refractivity contribution in [3.63, 3.8) is 0 Å². The highest BCUT2D eigenvalue weighted by atomic mass is 32.2. The molecule has 0 bridgehead atoms. The fraction of sp³-hybridized carbons (Fsp3) is 0.533. The van der Waals surface area contributed by atoms with Gasteiger partial charge in [-0.3, -0.25) is 0 Å². The van der Waals surface area contributed by atoms with Crippen molar-refractivity contribution in [3.05, 3.63) is 18.2 Å². The minimum Gasteiger partial charge on any atom is -0.497 e. The molecule has 1 heterocycles. The van der Waals surface area contributed by atoms with Crippen LogP contribution in [0.1, 0.15) is 26.2 Å². The van der Waals surface area contributed by atoms with Crippen LogP contribution in [-0.2, 0) is 0 Å². The predicted molar refractivity (Wildman–Crippen MR) is 85.8 cm³/mol. The molecule has 0 fully saturated rings. The number of unbranched alkanes of at least 4 members (excludes halogenated alkanes) is 2. The van der Waals surface area contributed by atoms with E-state index in [0.29, 0.717) is 0 Å². The van der Waals surface area contributed by atoms with Crippen molar-refractivity contribution in [2.45, 2.75) is 31.3 Å². The van der Waals surface area contributed by atoms with Crippen molar-refractivity contribution in [2.75, 3.05) is 26.0 Å². The maximum absolute atomic E-state index is 5.21. The van der Waals surface area contributed by atoms with Crippen molar-refractivity contribution in [1.29, 1.82) is 0 Å². The van der Waals surface area contributed by atoms with E-state index >= 15 is 0 Å². The largest absolute Gasteiger partial charge is 0.497 e. The molecule has 0 aliphatic heterocycles. The lowest BCUT2D eigenvalue weighted by molar-refractivity contribution is 0.415. The molecule has 0 aliphatic carbocycles. The minimum absolute atomic E-state index is 0.857. The van der Waals surface area contributed by atoms with Crippen LogP contribution in [0.15, 0.2) is 23.4 Å². The summed E-state index contributed by atoms with van der Waals surface area (Å²) >= 11 is 1.75. The lowest BCUT2D eigenvalue weighted by atomic mass is 10.2. The topological polar surface area (TPSA) is 49.9 Å². The number of rotatable bonds is 9. The molecule has 2 N–H and O–H groups in total. The zero-order valence-electron chi connectivity index (χ0n) is 12.2. The number of ether oxygens (including phenoxy) is 1. The summed E-state index contributed by atoms with van der Waals surface area (Å²) in [5.41, 5.74) is 2.02. The number of methoxy groups -OCH3 is 1. The van der Waals surface area contributed by atoms with E-state index in [1.165, 1.54) is 19.3 Å². The fourth-order valence-electron chi connectivity index (χ4n) is 2.01. The highest BCUT2D eigenvalue weighted by Crippen LogP contribution is 2.22. The fourth-order valence-corrected chi connectivity index (χ4v) is 2.79. The van der Waals surface area contributed by atoms with Crippen LogP contribution < -0.4 is 10.1 Å². The number of nitrogens with zero attached hydrogens (tertiary/aromatic N) is 1. The third kappa shape index (κ3) is 4.42. The van der Waals surface area contributed by atoms with E-state index in [2.05, 4.69) is 22.2 Å². The van der Waals surface area contributed by atoms with Gasteiger partial charge in [-0.1, -0.05) is 31.5 Å². The van der Waals surface area contributed by atoms with Gasteiger partial charge in [-0.25, -0.2) is 4.98 Å². The van der Waals surface area contributed by atoms with Crippen molar-refractivity contribution < 1.29 is 4.74 Å². The van der Waals surface area contributed by atoms with Crippen molar-refractivity contribution in [3.8, 4) is 5.75 Å². The van der Waals surface area contributed by atoms with Crippen LogP contribution in [0.2, 0.25) is 0 Å². The predicted octanol–water partition coefficient (Wildman–Crippen LogP) is 3.44. The van der Waals surface area contributed by atoms with E-state index in [9.17, 15) is 0 Å². The molecule has 0 atom stereocenters. The molecule has 0 aliphatic rings. The maximum Gasteiger partial charge on any atom is 0.166 e. The van der Waals surface area contributed by atoms with Gasteiger partial charge in [0.25, 0.3) is 0 Å². The molecule has 1 aromatic heterocycles. The first-order chi connectivity index (χ1) is 9.83. The highest BCUT2D eigenvalue weighted by molar-refractivity contribution is 7.99. The number of nitrogens with one attached hydrogen (secondary N) is 2. The van der Waals surface area contributed by atoms with Gasteiger partial charge in [-0.15, -0.1) is 0 Å². The number of thioether (sulfide) groups is 1. The molecule has 1 aromatic carbocycles. The van der Waals surface area contributed by atoms with Gasteiger partial charge in [-0.2, -0.15) is 0 Å². The van der Waals surface area contributed by atoms with Crippen LogP contribution in [0.3, 0.4) is 0 Å². The molecular formula is C15H23N3OS. The van der Waals surface area contributed by atoms with E-state index in [4.69, 9.17) is 4.74 Å². The average Bonchev–Trinajstić information content (AvgIpc) is 2.87. The second-order valence-electron chi connectivity index (χ2n) is 4.73. The Kier molecular flexibility index (Phi) is 6.21. The minimum atomic E-state index is 0.857. The summed E-state index contributed by atoms with van der Waals surface area (Å²) in [5.74, 6) is 1.89. The molecule has 110 valence electrons. The Hall–Kier alpha value is -1.20. The van der Waals surface area contributed by atoms with Crippen LogP contribution >= 0.6 is 11.8 Å². The summed E-state index contributed by atoms with van der Waals surface area (Å²) in [5, 5.41) is 4.44. The Labute approximate surface area is 124 Å². The van der Waals surface area contributed by atoms with Crippen LogP contribution in [0.4, 0.5) is 0 Å². The van der Waals surface area contributed by atoms with Crippen LogP contribution in [0, 0.1) is 0 Å². The van der Waals surface area contributed by atoms with Gasteiger partial charge in [0.05, 0.1) is 18.1 Å². The number of fused-ring (bicyclic) bond motifs is 1. The van der Waals surface area contributed by atoms with E-state index < -0.39 is 0 Å². The second-order valence-corrected chi connectivity index (χ2v) is 5.81. The van der Waals surface area contributed by atoms with Gasteiger partial charge in [0.1, 0.15) is 5.75 Å². The molecule has 0 saturated heterocycles. The first kappa shape index (κ1) is 15.2. The summed E-state index contributed by atoms with van der Waals surface area (Å²) in [7, 11) is 1.68. The molecule has 0 radical (unpaired) electrons. The first-order valence-electron chi connectivity index (χ1n) is 7.20. The number of hydrogen-bond donors (Lipinski definition) is 2. The molecule has 0 spiro atoms. The van der Waals surface area contributed by atoms with Crippen LogP contribution in [-0.4, -0.2) is 35.9 Å². The van der Waals surface area contributed by atoms with Gasteiger partial charge in [0.15, 0.2) is 5.16 Å². The standard InChI is InChI=1S/C15H23N3OS/c1-3-4-5-8-16-9-10-20-15-17-13-7-6-12(19-2)11-14(13)18-15/h6-7,11,16H,3-5,8-10H2,1-2H3,(H,17,18). The van der Waals surface area contributed by atoms with E-state index in [1.807, 2.05) is 18.2 Å². The van der Waals surface area contributed by atoms with Gasteiger partial charge >= 0.3 is 0 Å².